The van der Waals surface area contributed by atoms with E-state index in [2.05, 4.69) is 20.5 Å². The highest BCUT2D eigenvalue weighted by atomic mass is 32.2. The molecule has 2 aromatic heterocycles. The third kappa shape index (κ3) is 4.70. The molecule has 0 atom stereocenters. The van der Waals surface area contributed by atoms with Gasteiger partial charge in [0.15, 0.2) is 0 Å². The van der Waals surface area contributed by atoms with E-state index in [1.54, 1.807) is 42.7 Å². The number of anilines is 1. The SMILES string of the molecule is COC(=O)c1ccc(C)c(NC(=O)CSc2nnc(-c3cccnc3)o2)c1. The summed E-state index contributed by atoms with van der Waals surface area (Å²) >= 11 is 1.12. The maximum Gasteiger partial charge on any atom is 0.337 e. The quantitative estimate of drug-likeness (QED) is 0.510. The van der Waals surface area contributed by atoms with E-state index in [0.29, 0.717) is 22.7 Å². The van der Waals surface area contributed by atoms with E-state index in [0.717, 1.165) is 17.3 Å². The second-order valence-corrected chi connectivity index (χ2v) is 6.40. The highest BCUT2D eigenvalue weighted by Gasteiger charge is 2.13. The molecule has 0 spiro atoms. The number of hydrogen-bond acceptors (Lipinski definition) is 8. The van der Waals surface area contributed by atoms with Gasteiger partial charge in [0, 0.05) is 18.1 Å². The van der Waals surface area contributed by atoms with E-state index in [-0.39, 0.29) is 16.9 Å². The zero-order chi connectivity index (χ0) is 19.2. The molecule has 0 fully saturated rings. The number of nitrogens with one attached hydrogen (secondary N) is 1. The van der Waals surface area contributed by atoms with Gasteiger partial charge in [-0.05, 0) is 36.8 Å². The highest BCUT2D eigenvalue weighted by molar-refractivity contribution is 7.99. The van der Waals surface area contributed by atoms with Crippen molar-refractivity contribution in [2.75, 3.05) is 18.2 Å². The van der Waals surface area contributed by atoms with Crippen LogP contribution >= 0.6 is 11.8 Å². The molecule has 0 saturated carbocycles. The number of amides is 1. The van der Waals surface area contributed by atoms with Crippen LogP contribution < -0.4 is 5.32 Å². The summed E-state index contributed by atoms with van der Waals surface area (Å²) in [7, 11) is 1.31. The Morgan fingerprint density at radius 1 is 1.26 bits per heavy atom. The molecule has 138 valence electrons. The molecule has 0 aliphatic heterocycles. The van der Waals surface area contributed by atoms with E-state index < -0.39 is 5.97 Å². The van der Waals surface area contributed by atoms with Crippen molar-refractivity contribution < 1.29 is 18.7 Å². The zero-order valence-corrected chi connectivity index (χ0v) is 15.4. The Morgan fingerprint density at radius 3 is 2.85 bits per heavy atom. The third-order valence-corrected chi connectivity index (χ3v) is 4.39. The van der Waals surface area contributed by atoms with Gasteiger partial charge in [-0.15, -0.1) is 10.2 Å². The van der Waals surface area contributed by atoms with Gasteiger partial charge >= 0.3 is 5.97 Å². The van der Waals surface area contributed by atoms with Crippen molar-refractivity contribution in [1.29, 1.82) is 0 Å². The average Bonchev–Trinajstić information content (AvgIpc) is 3.17. The first-order valence-corrected chi connectivity index (χ1v) is 8.91. The summed E-state index contributed by atoms with van der Waals surface area (Å²) in [5, 5.41) is 10.9. The molecule has 1 N–H and O–H groups in total. The molecule has 0 aliphatic carbocycles. The predicted octanol–water partition coefficient (Wildman–Crippen LogP) is 2.96. The van der Waals surface area contributed by atoms with Crippen LogP contribution in [0, 0.1) is 6.92 Å². The Labute approximate surface area is 159 Å². The van der Waals surface area contributed by atoms with E-state index >= 15 is 0 Å². The van der Waals surface area contributed by atoms with Crippen molar-refractivity contribution in [2.24, 2.45) is 0 Å². The van der Waals surface area contributed by atoms with Crippen molar-refractivity contribution in [3.8, 4) is 11.5 Å². The minimum Gasteiger partial charge on any atom is -0.465 e. The van der Waals surface area contributed by atoms with Crippen molar-refractivity contribution in [2.45, 2.75) is 12.1 Å². The van der Waals surface area contributed by atoms with E-state index in [1.807, 2.05) is 6.92 Å². The normalized spacial score (nSPS) is 10.4. The number of thioether (sulfide) groups is 1. The molecule has 0 radical (unpaired) electrons. The maximum absolute atomic E-state index is 12.2. The average molecular weight is 384 g/mol. The van der Waals surface area contributed by atoms with Crippen LogP contribution in [0.2, 0.25) is 0 Å². The number of aromatic nitrogens is 3. The summed E-state index contributed by atoms with van der Waals surface area (Å²) in [6.45, 7) is 1.84. The van der Waals surface area contributed by atoms with Crippen LogP contribution in [-0.4, -0.2) is 39.9 Å². The molecule has 0 unspecified atom stereocenters. The van der Waals surface area contributed by atoms with Crippen LogP contribution in [0.15, 0.2) is 52.4 Å². The fourth-order valence-electron chi connectivity index (χ4n) is 2.19. The molecule has 9 heteroatoms. The van der Waals surface area contributed by atoms with Gasteiger partial charge in [0.2, 0.25) is 11.8 Å². The Hall–Kier alpha value is -3.20. The van der Waals surface area contributed by atoms with Crippen molar-refractivity contribution in [3.63, 3.8) is 0 Å². The van der Waals surface area contributed by atoms with Crippen molar-refractivity contribution in [1.82, 2.24) is 15.2 Å². The standard InChI is InChI=1S/C18H16N4O4S/c1-11-5-6-12(17(24)25-2)8-14(11)20-15(23)10-27-18-22-21-16(26-18)13-4-3-7-19-9-13/h3-9H,10H2,1-2H3,(H,20,23). The molecule has 0 bridgehead atoms. The summed E-state index contributed by atoms with van der Waals surface area (Å²) < 4.78 is 10.2. The van der Waals surface area contributed by atoms with Gasteiger partial charge in [-0.2, -0.15) is 0 Å². The fourth-order valence-corrected chi connectivity index (χ4v) is 2.75. The minimum absolute atomic E-state index is 0.0799. The Bertz CT molecular complexity index is 959. The first-order chi connectivity index (χ1) is 13.1. The number of methoxy groups -OCH3 is 1. The van der Waals surface area contributed by atoms with Gasteiger partial charge in [0.05, 0.1) is 24.0 Å². The predicted molar refractivity (Wildman–Crippen MR) is 99.4 cm³/mol. The zero-order valence-electron chi connectivity index (χ0n) is 14.6. The smallest absolute Gasteiger partial charge is 0.337 e. The number of ether oxygens (including phenoxy) is 1. The molecular formula is C18H16N4O4S. The first-order valence-electron chi connectivity index (χ1n) is 7.92. The van der Waals surface area contributed by atoms with Crippen LogP contribution in [0.3, 0.4) is 0 Å². The lowest BCUT2D eigenvalue weighted by Gasteiger charge is -2.09. The Kier molecular flexibility index (Phi) is 5.82. The summed E-state index contributed by atoms with van der Waals surface area (Å²) in [5.74, 6) is -0.302. The third-order valence-electron chi connectivity index (χ3n) is 3.57. The lowest BCUT2D eigenvalue weighted by molar-refractivity contribution is -0.113. The topological polar surface area (TPSA) is 107 Å². The van der Waals surface area contributed by atoms with Gasteiger partial charge < -0.3 is 14.5 Å². The van der Waals surface area contributed by atoms with Crippen molar-refractivity contribution in [3.05, 3.63) is 53.9 Å². The molecule has 1 aromatic carbocycles. The van der Waals surface area contributed by atoms with Gasteiger partial charge in [-0.1, -0.05) is 17.8 Å². The summed E-state index contributed by atoms with van der Waals surface area (Å²) in [6, 6.07) is 8.54. The monoisotopic (exact) mass is 384 g/mol. The number of esters is 1. The largest absolute Gasteiger partial charge is 0.465 e. The Morgan fingerprint density at radius 2 is 2.11 bits per heavy atom. The number of hydrogen-bond donors (Lipinski definition) is 1. The van der Waals surface area contributed by atoms with E-state index in [1.165, 1.54) is 7.11 Å². The van der Waals surface area contributed by atoms with E-state index in [4.69, 9.17) is 9.15 Å². The van der Waals surface area contributed by atoms with Gasteiger partial charge in [0.25, 0.3) is 5.22 Å². The summed E-state index contributed by atoms with van der Waals surface area (Å²) in [5.41, 5.74) is 2.45. The second kappa shape index (κ2) is 8.45. The first kappa shape index (κ1) is 18.6. The number of nitrogens with zero attached hydrogens (tertiary/aromatic N) is 3. The van der Waals surface area contributed by atoms with Crippen LogP contribution in [0.25, 0.3) is 11.5 Å². The molecule has 2 heterocycles. The number of carbonyl (C=O) groups excluding carboxylic acids is 2. The van der Waals surface area contributed by atoms with Gasteiger partial charge in [-0.25, -0.2) is 4.79 Å². The second-order valence-electron chi connectivity index (χ2n) is 5.47. The van der Waals surface area contributed by atoms with Gasteiger partial charge in [-0.3, -0.25) is 9.78 Å². The molecule has 8 nitrogen and oxygen atoms in total. The number of rotatable bonds is 6. The van der Waals surface area contributed by atoms with Crippen LogP contribution in [-0.2, 0) is 9.53 Å². The maximum atomic E-state index is 12.2. The molecule has 3 aromatic rings. The molecule has 27 heavy (non-hydrogen) atoms. The number of carbonyl (C=O) groups is 2. The molecule has 0 saturated heterocycles. The lowest BCUT2D eigenvalue weighted by atomic mass is 10.1. The number of benzene rings is 1. The summed E-state index contributed by atoms with van der Waals surface area (Å²) in [6.07, 6.45) is 3.27. The molecule has 3 rings (SSSR count). The summed E-state index contributed by atoms with van der Waals surface area (Å²) in [4.78, 5) is 27.8. The molecule has 1 amide bonds. The molecular weight excluding hydrogens is 368 g/mol. The lowest BCUT2D eigenvalue weighted by Crippen LogP contribution is -2.15. The number of aryl methyl sites for hydroxylation is 1. The van der Waals surface area contributed by atoms with Crippen molar-refractivity contribution >= 4 is 29.3 Å². The fraction of sp³-hybridized carbons (Fsp3) is 0.167. The van der Waals surface area contributed by atoms with E-state index in [9.17, 15) is 9.59 Å². The van der Waals surface area contributed by atoms with Crippen LogP contribution in [0.1, 0.15) is 15.9 Å². The van der Waals surface area contributed by atoms with Gasteiger partial charge in [0.1, 0.15) is 0 Å². The number of pyridine rings is 1. The molecule has 0 aliphatic rings. The van der Waals surface area contributed by atoms with Crippen LogP contribution in [0.5, 0.6) is 0 Å². The Balaban J connectivity index is 1.61. The minimum atomic E-state index is -0.464. The van der Waals surface area contributed by atoms with Crippen LogP contribution in [0.4, 0.5) is 5.69 Å². The highest BCUT2D eigenvalue weighted by Crippen LogP contribution is 2.23.